The molecule has 2 rings (SSSR count). The molecule has 1 aromatic heterocycles. The number of nitrogen functional groups attached to an aromatic ring is 1. The van der Waals surface area contributed by atoms with Crippen LogP contribution in [0.5, 0.6) is 0 Å². The van der Waals surface area contributed by atoms with Gasteiger partial charge in [-0.15, -0.1) is 0 Å². The van der Waals surface area contributed by atoms with Gasteiger partial charge in [0, 0.05) is 32.0 Å². The number of nitrogens with zero attached hydrogens (tertiary/aromatic N) is 2. The van der Waals surface area contributed by atoms with Gasteiger partial charge < -0.3 is 10.5 Å². The molecule has 0 aliphatic carbocycles. The number of sulfonamides is 1. The summed E-state index contributed by atoms with van der Waals surface area (Å²) in [6, 6.07) is 0. The zero-order valence-corrected chi connectivity index (χ0v) is 11.3. The minimum absolute atomic E-state index is 0.0145. The van der Waals surface area contributed by atoms with Crippen LogP contribution < -0.4 is 10.5 Å². The van der Waals surface area contributed by atoms with Crippen molar-refractivity contribution in [1.82, 2.24) is 14.5 Å². The molecule has 7 nitrogen and oxygen atoms in total. The number of ether oxygens (including phenoxy) is 1. The van der Waals surface area contributed by atoms with E-state index in [1.165, 1.54) is 10.9 Å². The predicted molar refractivity (Wildman–Crippen MR) is 66.4 cm³/mol. The standard InChI is InChI=1S/C10H18N4O3S/c1-10(3-5-17-6-4-10)13-18(15,16)8-7-14(2)12-9(8)11/h7,13H,3-6H2,1-2H3,(H2,11,12). The quantitative estimate of drug-likeness (QED) is 0.798. The van der Waals surface area contributed by atoms with Crippen molar-refractivity contribution in [3.63, 3.8) is 0 Å². The third kappa shape index (κ3) is 2.65. The molecular formula is C10H18N4O3S. The lowest BCUT2D eigenvalue weighted by Gasteiger charge is -2.33. The highest BCUT2D eigenvalue weighted by atomic mass is 32.2. The Morgan fingerprint density at radius 3 is 2.61 bits per heavy atom. The molecule has 0 atom stereocenters. The van der Waals surface area contributed by atoms with Gasteiger partial charge in [0.05, 0.1) is 0 Å². The molecule has 18 heavy (non-hydrogen) atoms. The van der Waals surface area contributed by atoms with Crippen molar-refractivity contribution in [3.8, 4) is 0 Å². The zero-order chi connectivity index (χ0) is 13.4. The Kier molecular flexibility index (Phi) is 3.35. The van der Waals surface area contributed by atoms with Gasteiger partial charge in [-0.05, 0) is 19.8 Å². The van der Waals surface area contributed by atoms with Crippen LogP contribution in [0.4, 0.5) is 5.82 Å². The summed E-state index contributed by atoms with van der Waals surface area (Å²) in [4.78, 5) is 0.0257. The van der Waals surface area contributed by atoms with Crippen LogP contribution in [0.2, 0.25) is 0 Å². The van der Waals surface area contributed by atoms with E-state index in [-0.39, 0.29) is 10.7 Å². The van der Waals surface area contributed by atoms with Crippen LogP contribution >= 0.6 is 0 Å². The first kappa shape index (κ1) is 13.3. The minimum atomic E-state index is -3.64. The van der Waals surface area contributed by atoms with Crippen molar-refractivity contribution in [2.45, 2.75) is 30.2 Å². The first-order valence-electron chi connectivity index (χ1n) is 5.73. The van der Waals surface area contributed by atoms with E-state index in [0.717, 1.165) is 0 Å². The Bertz CT molecular complexity index is 531. The van der Waals surface area contributed by atoms with E-state index in [0.29, 0.717) is 26.1 Å². The predicted octanol–water partition coefficient (Wildman–Crippen LogP) is -0.150. The van der Waals surface area contributed by atoms with Crippen molar-refractivity contribution in [1.29, 1.82) is 0 Å². The fourth-order valence-electron chi connectivity index (χ4n) is 1.99. The summed E-state index contributed by atoms with van der Waals surface area (Å²) in [7, 11) is -2.01. The summed E-state index contributed by atoms with van der Waals surface area (Å²) in [5.41, 5.74) is 5.11. The molecular weight excluding hydrogens is 256 g/mol. The molecule has 0 saturated carbocycles. The van der Waals surface area contributed by atoms with Crippen LogP contribution in [0.15, 0.2) is 11.1 Å². The third-order valence-electron chi connectivity index (χ3n) is 3.09. The van der Waals surface area contributed by atoms with Gasteiger partial charge in [0.1, 0.15) is 4.90 Å². The van der Waals surface area contributed by atoms with E-state index in [1.807, 2.05) is 6.92 Å². The van der Waals surface area contributed by atoms with Gasteiger partial charge in [-0.25, -0.2) is 13.1 Å². The molecule has 1 aliphatic rings. The van der Waals surface area contributed by atoms with Gasteiger partial charge in [-0.1, -0.05) is 0 Å². The van der Waals surface area contributed by atoms with E-state index in [9.17, 15) is 8.42 Å². The summed E-state index contributed by atoms with van der Waals surface area (Å²) >= 11 is 0. The van der Waals surface area contributed by atoms with Crippen LogP contribution in [0.1, 0.15) is 19.8 Å². The molecule has 102 valence electrons. The monoisotopic (exact) mass is 274 g/mol. The summed E-state index contributed by atoms with van der Waals surface area (Å²) < 4.78 is 33.8. The summed E-state index contributed by atoms with van der Waals surface area (Å²) in [5, 5.41) is 3.84. The maximum absolute atomic E-state index is 12.3. The Morgan fingerprint density at radius 1 is 1.50 bits per heavy atom. The molecule has 8 heteroatoms. The first-order valence-corrected chi connectivity index (χ1v) is 7.22. The van der Waals surface area contributed by atoms with Crippen LogP contribution in [0, 0.1) is 0 Å². The molecule has 0 bridgehead atoms. The number of nitrogens with two attached hydrogens (primary N) is 1. The zero-order valence-electron chi connectivity index (χ0n) is 10.5. The lowest BCUT2D eigenvalue weighted by molar-refractivity contribution is 0.0537. The SMILES string of the molecule is Cn1cc(S(=O)(=O)NC2(C)CCOCC2)c(N)n1. The maximum atomic E-state index is 12.3. The van der Waals surface area contributed by atoms with Crippen molar-refractivity contribution in [2.75, 3.05) is 18.9 Å². The largest absolute Gasteiger partial charge is 0.381 e. The van der Waals surface area contributed by atoms with Crippen LogP contribution in [0.3, 0.4) is 0 Å². The lowest BCUT2D eigenvalue weighted by Crippen LogP contribution is -2.49. The van der Waals surface area contributed by atoms with Gasteiger partial charge in [-0.2, -0.15) is 5.10 Å². The number of hydrogen-bond acceptors (Lipinski definition) is 5. The Labute approximate surface area is 106 Å². The minimum Gasteiger partial charge on any atom is -0.381 e. The van der Waals surface area contributed by atoms with Crippen molar-refractivity contribution in [2.24, 2.45) is 7.05 Å². The number of anilines is 1. The van der Waals surface area contributed by atoms with E-state index in [1.54, 1.807) is 7.05 Å². The Hall–Kier alpha value is -1.12. The van der Waals surface area contributed by atoms with E-state index >= 15 is 0 Å². The smallest absolute Gasteiger partial charge is 0.246 e. The molecule has 0 amide bonds. The van der Waals surface area contributed by atoms with Gasteiger partial charge in [0.25, 0.3) is 0 Å². The topological polar surface area (TPSA) is 99.2 Å². The number of nitrogens with one attached hydrogen (secondary N) is 1. The molecule has 1 fully saturated rings. The van der Waals surface area contributed by atoms with E-state index in [4.69, 9.17) is 10.5 Å². The fraction of sp³-hybridized carbons (Fsp3) is 0.700. The number of aryl methyl sites for hydroxylation is 1. The van der Waals surface area contributed by atoms with Gasteiger partial charge in [-0.3, -0.25) is 4.68 Å². The molecule has 1 aliphatic heterocycles. The van der Waals surface area contributed by atoms with E-state index in [2.05, 4.69) is 9.82 Å². The highest BCUT2D eigenvalue weighted by Crippen LogP contribution is 2.24. The average molecular weight is 274 g/mol. The average Bonchev–Trinajstić information content (AvgIpc) is 2.58. The van der Waals surface area contributed by atoms with Gasteiger partial charge >= 0.3 is 0 Å². The van der Waals surface area contributed by atoms with Gasteiger partial charge in [0.2, 0.25) is 10.0 Å². The first-order chi connectivity index (χ1) is 8.32. The van der Waals surface area contributed by atoms with Crippen LogP contribution in [-0.4, -0.2) is 37.0 Å². The molecule has 2 heterocycles. The van der Waals surface area contributed by atoms with Crippen molar-refractivity contribution >= 4 is 15.8 Å². The number of aromatic nitrogens is 2. The fourth-order valence-corrected chi connectivity index (χ4v) is 3.56. The second-order valence-corrected chi connectivity index (χ2v) is 6.48. The molecule has 1 saturated heterocycles. The molecule has 0 aromatic carbocycles. The molecule has 0 radical (unpaired) electrons. The van der Waals surface area contributed by atoms with Crippen molar-refractivity contribution in [3.05, 3.63) is 6.20 Å². The van der Waals surface area contributed by atoms with Crippen molar-refractivity contribution < 1.29 is 13.2 Å². The van der Waals surface area contributed by atoms with Crippen LogP contribution in [-0.2, 0) is 21.8 Å². The second-order valence-electron chi connectivity index (χ2n) is 4.83. The maximum Gasteiger partial charge on any atom is 0.246 e. The molecule has 3 N–H and O–H groups in total. The van der Waals surface area contributed by atoms with Gasteiger partial charge in [0.15, 0.2) is 5.82 Å². The normalized spacial score (nSPS) is 19.9. The third-order valence-corrected chi connectivity index (χ3v) is 4.74. The molecule has 1 aromatic rings. The highest BCUT2D eigenvalue weighted by molar-refractivity contribution is 7.89. The lowest BCUT2D eigenvalue weighted by atomic mass is 9.94. The number of rotatable bonds is 3. The molecule has 0 unspecified atom stereocenters. The number of hydrogen-bond donors (Lipinski definition) is 2. The summed E-state index contributed by atoms with van der Waals surface area (Å²) in [6.45, 7) is 2.99. The summed E-state index contributed by atoms with van der Waals surface area (Å²) in [5.74, 6) is 0.0145. The molecule has 0 spiro atoms. The van der Waals surface area contributed by atoms with Crippen LogP contribution in [0.25, 0.3) is 0 Å². The summed E-state index contributed by atoms with van der Waals surface area (Å²) in [6.07, 6.45) is 2.69. The van der Waals surface area contributed by atoms with E-state index < -0.39 is 15.6 Å². The highest BCUT2D eigenvalue weighted by Gasteiger charge is 2.34. The Balaban J connectivity index is 2.24. The Morgan fingerprint density at radius 2 is 2.11 bits per heavy atom. The second kappa shape index (κ2) is 4.52.